The number of allylic oxidation sites excluding steroid dienone is 4. The van der Waals surface area contributed by atoms with E-state index in [4.69, 9.17) is 0 Å². The first-order chi connectivity index (χ1) is 19.6. The molecule has 0 bridgehead atoms. The second kappa shape index (κ2) is 13.1. The van der Waals surface area contributed by atoms with Crippen LogP contribution >= 0.6 is 0 Å². The van der Waals surface area contributed by atoms with Crippen LogP contribution in [0.4, 0.5) is 0 Å². The predicted molar refractivity (Wildman–Crippen MR) is 172 cm³/mol. The molecule has 40 heavy (non-hydrogen) atoms. The van der Waals surface area contributed by atoms with Crippen molar-refractivity contribution in [2.75, 3.05) is 0 Å². The van der Waals surface area contributed by atoms with Crippen LogP contribution in [0.3, 0.4) is 0 Å². The van der Waals surface area contributed by atoms with Gasteiger partial charge in [0.25, 0.3) is 0 Å². The molecule has 0 amide bonds. The Labute approximate surface area is 255 Å². The molecule has 0 saturated carbocycles. The van der Waals surface area contributed by atoms with Crippen molar-refractivity contribution in [2.24, 2.45) is 0 Å². The van der Waals surface area contributed by atoms with E-state index in [-0.39, 0.29) is 0 Å². The Morgan fingerprint density at radius 2 is 1.35 bits per heavy atom. The Morgan fingerprint density at radius 1 is 0.725 bits per heavy atom. The van der Waals surface area contributed by atoms with Crippen LogP contribution in [0.1, 0.15) is 73.1 Å². The normalized spacial score (nSPS) is 12.4. The van der Waals surface area contributed by atoms with Gasteiger partial charge in [-0.2, -0.15) is 0 Å². The third kappa shape index (κ3) is 5.59. The molecule has 0 aromatic heterocycles. The van der Waals surface area contributed by atoms with E-state index >= 15 is 0 Å². The molecule has 1 heteroatoms. The summed E-state index contributed by atoms with van der Waals surface area (Å²) in [4.78, 5) is 0. The molecule has 0 fully saturated rings. The van der Waals surface area contributed by atoms with Crippen molar-refractivity contribution < 1.29 is 24.2 Å². The summed E-state index contributed by atoms with van der Waals surface area (Å²) >= 11 is 1.46. The summed E-state index contributed by atoms with van der Waals surface area (Å²) in [7, 11) is 0. The van der Waals surface area contributed by atoms with Crippen molar-refractivity contribution in [3.8, 4) is 0 Å². The summed E-state index contributed by atoms with van der Waals surface area (Å²) in [5, 5.41) is 5.85. The second-order valence-electron chi connectivity index (χ2n) is 10.5. The first-order valence-corrected chi connectivity index (χ1v) is 16.1. The monoisotopic (exact) mass is 597 g/mol. The van der Waals surface area contributed by atoms with Gasteiger partial charge >= 0.3 is 99.2 Å². The van der Waals surface area contributed by atoms with Gasteiger partial charge in [-0.3, -0.25) is 0 Å². The summed E-state index contributed by atoms with van der Waals surface area (Å²) in [5.74, 6) is 0. The van der Waals surface area contributed by atoms with Crippen molar-refractivity contribution >= 4 is 30.3 Å². The minimum absolute atomic E-state index is 1.07. The zero-order valence-electron chi connectivity index (χ0n) is 24.4. The van der Waals surface area contributed by atoms with E-state index in [0.29, 0.717) is 0 Å². The van der Waals surface area contributed by atoms with E-state index in [1.54, 1.807) is 16.7 Å². The molecule has 6 rings (SSSR count). The Kier molecular flexibility index (Phi) is 9.34. The minimum atomic E-state index is 1.07. The molecule has 1 aliphatic carbocycles. The summed E-state index contributed by atoms with van der Waals surface area (Å²) in [5.41, 5.74) is 11.9. The van der Waals surface area contributed by atoms with Crippen LogP contribution in [-0.4, -0.2) is 3.21 Å². The van der Waals surface area contributed by atoms with Crippen LogP contribution in [-0.2, 0) is 49.9 Å². The van der Waals surface area contributed by atoms with Crippen LogP contribution in [0.15, 0.2) is 103 Å². The molecule has 0 saturated heterocycles. The van der Waals surface area contributed by atoms with Gasteiger partial charge < -0.3 is 0 Å². The van der Waals surface area contributed by atoms with Crippen molar-refractivity contribution in [1.29, 1.82) is 0 Å². The van der Waals surface area contributed by atoms with E-state index in [9.17, 15) is 0 Å². The maximum absolute atomic E-state index is 2.47. The molecule has 0 spiro atoms. The zero-order valence-corrected chi connectivity index (χ0v) is 26.8. The Morgan fingerprint density at radius 3 is 1.88 bits per heavy atom. The van der Waals surface area contributed by atoms with Crippen molar-refractivity contribution in [3.63, 3.8) is 0 Å². The van der Waals surface area contributed by atoms with Crippen LogP contribution in [0.2, 0.25) is 0 Å². The van der Waals surface area contributed by atoms with E-state index in [2.05, 4.69) is 131 Å². The van der Waals surface area contributed by atoms with Gasteiger partial charge in [0.15, 0.2) is 0 Å². The molecule has 0 N–H and O–H groups in total. The molecular formula is C39H39Zr-. The van der Waals surface area contributed by atoms with Gasteiger partial charge in [0.05, 0.1) is 0 Å². The van der Waals surface area contributed by atoms with Crippen LogP contribution in [0.5, 0.6) is 0 Å². The number of aryl methyl sites for hydroxylation is 2. The Balaban J connectivity index is 0.000000194. The van der Waals surface area contributed by atoms with Gasteiger partial charge in [-0.05, 0) is 32.1 Å². The topological polar surface area (TPSA) is 0 Å². The first-order valence-electron chi connectivity index (χ1n) is 14.8. The third-order valence-electron chi connectivity index (χ3n) is 8.24. The molecule has 0 heterocycles. The second-order valence-corrected chi connectivity index (χ2v) is 11.7. The van der Waals surface area contributed by atoms with Gasteiger partial charge in [0, 0.05) is 0 Å². The molecule has 5 aromatic carbocycles. The van der Waals surface area contributed by atoms with E-state index in [0.717, 1.165) is 32.1 Å². The fraction of sp³-hybridized carbons (Fsp3) is 0.231. The molecule has 5 aromatic rings. The zero-order chi connectivity index (χ0) is 28.1. The fourth-order valence-corrected chi connectivity index (χ4v) is 7.12. The quantitative estimate of drug-likeness (QED) is 0.164. The van der Waals surface area contributed by atoms with Gasteiger partial charge in [0.2, 0.25) is 0 Å². The summed E-state index contributed by atoms with van der Waals surface area (Å²) < 4.78 is 1.42. The maximum atomic E-state index is 2.47. The summed E-state index contributed by atoms with van der Waals surface area (Å²) in [6.07, 6.45) is 12.3. The molecule has 0 radical (unpaired) electrons. The molecule has 0 aliphatic heterocycles. The van der Waals surface area contributed by atoms with Crippen molar-refractivity contribution in [3.05, 3.63) is 142 Å². The molecule has 1 aliphatic rings. The van der Waals surface area contributed by atoms with Gasteiger partial charge in [-0.1, -0.05) is 91.4 Å². The number of fused-ring (bicyclic) bond motifs is 3. The Bertz CT molecular complexity index is 1650. The number of hydrogen-bond donors (Lipinski definition) is 0. The van der Waals surface area contributed by atoms with Gasteiger partial charge in [0.1, 0.15) is 0 Å². The van der Waals surface area contributed by atoms with E-state index < -0.39 is 0 Å². The number of hydrogen-bond acceptors (Lipinski definition) is 0. The number of benzene rings is 4. The average Bonchev–Trinajstić information content (AvgIpc) is 3.68. The third-order valence-corrected chi connectivity index (χ3v) is 9.66. The molecule has 0 atom stereocenters. The summed E-state index contributed by atoms with van der Waals surface area (Å²) in [6.45, 7) is 9.21. The fourth-order valence-electron chi connectivity index (χ4n) is 6.30. The van der Waals surface area contributed by atoms with Gasteiger partial charge in [-0.15, -0.1) is 33.7 Å². The molecule has 200 valence electrons. The Hall–Kier alpha value is -3.02. The van der Waals surface area contributed by atoms with E-state index in [1.807, 2.05) is 0 Å². The standard InChI is InChI=1S/C26H29.C13H10.Zr/c1-5-17-13-14-23-19(15-17)16-24-25(18-11-9-10-12-18)21(7-3)20(6-2)22(8-4)26(23)24;1-3-7-12(8-4-1)11-13-9-5-2-6-10-13;/h9-11,13-16H,5-8,12H2,1-4H3;1-10H;/q-1;;. The van der Waals surface area contributed by atoms with Crippen LogP contribution in [0.25, 0.3) is 27.1 Å². The van der Waals surface area contributed by atoms with Crippen molar-refractivity contribution in [1.82, 2.24) is 0 Å². The molecule has 0 nitrogen and oxygen atoms in total. The molecule has 0 unspecified atom stereocenters. The van der Waals surface area contributed by atoms with E-state index in [1.165, 1.54) is 76.8 Å². The van der Waals surface area contributed by atoms with Crippen LogP contribution in [0, 0.1) is 0 Å². The SMILES string of the molecule is CCc1ccc2c(c1)[cH-]c1c(C3=CC=CC3)c(CC)c(CC)c(CC)c12.[Zr]=[C](c1ccccc1)c1ccccc1. The first kappa shape index (κ1) is 28.5. The predicted octanol–water partition coefficient (Wildman–Crippen LogP) is 10.1. The number of rotatable bonds is 7. The summed E-state index contributed by atoms with van der Waals surface area (Å²) in [6, 6.07) is 30.7. The average molecular weight is 599 g/mol. The van der Waals surface area contributed by atoms with Crippen LogP contribution < -0.4 is 0 Å². The molecular weight excluding hydrogens is 560 g/mol. The van der Waals surface area contributed by atoms with Gasteiger partial charge in [-0.25, -0.2) is 0 Å². The van der Waals surface area contributed by atoms with Crippen molar-refractivity contribution in [2.45, 2.75) is 59.8 Å².